The molecule has 0 rings (SSSR count). The quantitative estimate of drug-likeness (QED) is 0.0957. The molecule has 0 heterocycles. The normalized spacial score (nSPS) is 4.88. The van der Waals surface area contributed by atoms with E-state index in [2.05, 4.69) is 29.2 Å². The Morgan fingerprint density at radius 3 is 1.75 bits per heavy atom. The van der Waals surface area contributed by atoms with E-state index in [-0.39, 0.29) is 17.1 Å². The summed E-state index contributed by atoms with van der Waals surface area (Å²) >= 11 is 6.44. The predicted molar refractivity (Wildman–Crippen MR) is 33.3 cm³/mol. The van der Waals surface area contributed by atoms with Gasteiger partial charge in [-0.3, -0.25) is 5.43 Å². The first kappa shape index (κ1) is 15.8. The van der Waals surface area contributed by atoms with Crippen LogP contribution in [0.1, 0.15) is 0 Å². The van der Waals surface area contributed by atoms with Crippen LogP contribution in [0.2, 0.25) is 0 Å². The van der Waals surface area contributed by atoms with Crippen LogP contribution in [0.5, 0.6) is 0 Å². The number of nitrogens with two attached hydrogens (primary N) is 1. The summed E-state index contributed by atoms with van der Waals surface area (Å²) in [6.07, 6.45) is -1.22. The average molecular weight is 206 g/mol. The van der Waals surface area contributed by atoms with Crippen LogP contribution < -0.4 is 11.3 Å². The van der Waals surface area contributed by atoms with Gasteiger partial charge in [0, 0.05) is 17.1 Å². The molecular formula is CH6CuN2O2S2. The zero-order valence-electron chi connectivity index (χ0n) is 3.63. The van der Waals surface area contributed by atoms with Gasteiger partial charge < -0.3 is 5.11 Å². The van der Waals surface area contributed by atoms with Gasteiger partial charge in [0.15, 0.2) is 0 Å². The van der Waals surface area contributed by atoms with Crippen molar-refractivity contribution >= 4 is 29.4 Å². The Balaban J connectivity index is -0.0000000750. The van der Waals surface area contributed by atoms with E-state index in [1.54, 1.807) is 0 Å². The van der Waals surface area contributed by atoms with Gasteiger partial charge in [0.2, 0.25) is 0 Å². The van der Waals surface area contributed by atoms with Crippen molar-refractivity contribution in [1.29, 1.82) is 0 Å². The molecule has 7 heteroatoms. The van der Waals surface area contributed by atoms with Crippen LogP contribution in [0, 0.1) is 0 Å². The molecule has 0 aliphatic rings. The largest absolute Gasteiger partial charge is 0.464 e. The number of hydrazine groups is 1. The van der Waals surface area contributed by atoms with Crippen LogP contribution in [0.15, 0.2) is 0 Å². The summed E-state index contributed by atoms with van der Waals surface area (Å²) in [6, 6.07) is 0. The number of rotatable bonds is 0. The van der Waals surface area contributed by atoms with Crippen LogP contribution in [-0.4, -0.2) is 11.2 Å². The zero-order valence-corrected chi connectivity index (χ0v) is 6.36. The number of carbonyl (C=O) groups is 1. The Bertz CT molecular complexity index is 53.3. The van der Waals surface area contributed by atoms with Crippen molar-refractivity contribution < 1.29 is 27.0 Å². The van der Waals surface area contributed by atoms with Crippen molar-refractivity contribution in [2.24, 2.45) is 5.84 Å². The number of hydrogen-bond donors (Lipinski definition) is 5. The Labute approximate surface area is 67.9 Å². The van der Waals surface area contributed by atoms with Gasteiger partial charge in [-0.25, -0.2) is 10.6 Å². The van der Waals surface area contributed by atoms with E-state index >= 15 is 0 Å². The second kappa shape index (κ2) is 15.7. The topological polar surface area (TPSA) is 75.3 Å². The van der Waals surface area contributed by atoms with Crippen LogP contribution in [0.3, 0.4) is 0 Å². The Kier molecular flexibility index (Phi) is 30.9. The minimum absolute atomic E-state index is 0. The molecule has 8 heavy (non-hydrogen) atoms. The van der Waals surface area contributed by atoms with Gasteiger partial charge in [-0.05, 0) is 0 Å². The molecule has 1 radical (unpaired) electrons. The number of hydrogen-bond acceptors (Lipinski definition) is 4. The van der Waals surface area contributed by atoms with Crippen molar-refractivity contribution in [2.75, 3.05) is 0 Å². The second-order valence-corrected chi connectivity index (χ2v) is 0.449. The molecule has 4 N–H and O–H groups in total. The van der Waals surface area contributed by atoms with E-state index < -0.39 is 6.09 Å². The third-order valence-corrected chi connectivity index (χ3v) is 0.123. The van der Waals surface area contributed by atoms with Gasteiger partial charge in [-0.2, -0.15) is 0 Å². The summed E-state index contributed by atoms with van der Waals surface area (Å²) < 4.78 is 0. The minimum atomic E-state index is -1.22. The second-order valence-electron chi connectivity index (χ2n) is 0.449. The molecule has 0 saturated heterocycles. The summed E-state index contributed by atoms with van der Waals surface area (Å²) in [6.45, 7) is 0. The van der Waals surface area contributed by atoms with Crippen molar-refractivity contribution in [3.8, 4) is 0 Å². The van der Waals surface area contributed by atoms with E-state index in [9.17, 15) is 0 Å². The summed E-state index contributed by atoms with van der Waals surface area (Å²) in [7, 11) is 0. The maximum atomic E-state index is 9.13. The van der Waals surface area contributed by atoms with E-state index in [1.807, 2.05) is 0 Å². The third-order valence-electron chi connectivity index (χ3n) is 0.123. The fourth-order valence-electron chi connectivity index (χ4n) is 0. The fourth-order valence-corrected chi connectivity index (χ4v) is 0. The molecule has 0 bridgehead atoms. The molecule has 0 aromatic rings. The number of carboxylic acid groups (broad SMARTS) is 1. The van der Waals surface area contributed by atoms with Gasteiger partial charge in [-0.15, -0.1) is 23.3 Å². The Hall–Kier alpha value is 0.449. The molecule has 0 aliphatic heterocycles. The monoisotopic (exact) mass is 205 g/mol. The summed E-state index contributed by atoms with van der Waals surface area (Å²) in [5.74, 6) is 4.32. The first-order valence-corrected chi connectivity index (χ1v) is 2.77. The standard InChI is InChI=1S/CH4N2O2.Cu.H2S2/c2-3-1(4)5;;1-2/h3H,2H2,(H,4,5);;1-2H. The predicted octanol–water partition coefficient (Wildman–Crippen LogP) is -0.114. The molecule has 1 amide bonds. The van der Waals surface area contributed by atoms with E-state index in [4.69, 9.17) is 9.90 Å². The molecule has 4 nitrogen and oxygen atoms in total. The average Bonchev–Trinajstić information content (AvgIpc) is 1.73. The van der Waals surface area contributed by atoms with Gasteiger partial charge in [0.25, 0.3) is 0 Å². The summed E-state index contributed by atoms with van der Waals surface area (Å²) in [5, 5.41) is 7.49. The molecule has 0 saturated carbocycles. The third kappa shape index (κ3) is 31.9. The van der Waals surface area contributed by atoms with Gasteiger partial charge in [0.05, 0.1) is 0 Å². The molecule has 0 aromatic carbocycles. The zero-order chi connectivity index (χ0) is 6.28. The maximum Gasteiger partial charge on any atom is 0.418 e. The molecule has 0 aliphatic carbocycles. The molecule has 0 atom stereocenters. The van der Waals surface area contributed by atoms with Crippen molar-refractivity contribution in [3.05, 3.63) is 0 Å². The number of nitrogens with one attached hydrogen (secondary N) is 1. The summed E-state index contributed by atoms with van der Waals surface area (Å²) in [4.78, 5) is 9.13. The molecule has 0 fully saturated rings. The molecule has 0 unspecified atom stereocenters. The van der Waals surface area contributed by atoms with Crippen LogP contribution >= 0.6 is 23.3 Å². The molecular weight excluding hydrogens is 200 g/mol. The maximum absolute atomic E-state index is 9.13. The smallest absolute Gasteiger partial charge is 0.418 e. The number of thiol groups is 2. The van der Waals surface area contributed by atoms with Crippen molar-refractivity contribution in [1.82, 2.24) is 5.43 Å². The van der Waals surface area contributed by atoms with Crippen LogP contribution in [0.25, 0.3) is 0 Å². The van der Waals surface area contributed by atoms with Gasteiger partial charge in [0.1, 0.15) is 0 Å². The van der Waals surface area contributed by atoms with Crippen LogP contribution in [-0.2, 0) is 17.1 Å². The number of amides is 1. The molecule has 0 spiro atoms. The fraction of sp³-hybridized carbons (Fsp3) is 0. The Morgan fingerprint density at radius 2 is 1.75 bits per heavy atom. The van der Waals surface area contributed by atoms with Gasteiger partial charge in [-0.1, -0.05) is 0 Å². The van der Waals surface area contributed by atoms with Crippen LogP contribution in [0.4, 0.5) is 4.79 Å². The molecule has 0 aromatic heterocycles. The van der Waals surface area contributed by atoms with E-state index in [0.29, 0.717) is 0 Å². The van der Waals surface area contributed by atoms with Crippen molar-refractivity contribution in [3.63, 3.8) is 0 Å². The molecule has 55 valence electrons. The minimum Gasteiger partial charge on any atom is -0.464 e. The van der Waals surface area contributed by atoms with Crippen molar-refractivity contribution in [2.45, 2.75) is 0 Å². The van der Waals surface area contributed by atoms with E-state index in [0.717, 1.165) is 0 Å². The van der Waals surface area contributed by atoms with E-state index in [1.165, 1.54) is 5.43 Å². The SMILES string of the molecule is NNC(=O)O.SS.[Cu]. The first-order valence-electron chi connectivity index (χ1n) is 1.17. The Morgan fingerprint density at radius 1 is 1.62 bits per heavy atom. The van der Waals surface area contributed by atoms with Gasteiger partial charge >= 0.3 is 6.09 Å². The first-order chi connectivity index (χ1) is 3.27. The summed E-state index contributed by atoms with van der Waals surface area (Å²) in [5.41, 5.74) is 1.44.